The Morgan fingerprint density at radius 1 is 1.19 bits per heavy atom. The quantitative estimate of drug-likeness (QED) is 0.448. The summed E-state index contributed by atoms with van der Waals surface area (Å²) >= 11 is 0. The van der Waals surface area contributed by atoms with Crippen molar-refractivity contribution in [3.05, 3.63) is 0 Å². The number of hydrogen-bond donors (Lipinski definition) is 2. The highest BCUT2D eigenvalue weighted by atomic mass is 16.5. The van der Waals surface area contributed by atoms with Crippen LogP contribution in [0.15, 0.2) is 0 Å². The summed E-state index contributed by atoms with van der Waals surface area (Å²) in [5.74, 6) is -0.507. The zero-order valence-electron chi connectivity index (χ0n) is 16.8. The number of fused-ring (bicyclic) bond motifs is 1. The molecule has 0 heterocycles. The van der Waals surface area contributed by atoms with E-state index in [-0.39, 0.29) is 35.9 Å². The number of ether oxygens (including phenoxy) is 1. The van der Waals surface area contributed by atoms with Gasteiger partial charge >= 0.3 is 5.97 Å². The molecule has 0 aromatic carbocycles. The third kappa shape index (κ3) is 5.53. The van der Waals surface area contributed by atoms with Gasteiger partial charge in [0, 0.05) is 18.9 Å². The van der Waals surface area contributed by atoms with E-state index in [4.69, 9.17) is 10.5 Å². The van der Waals surface area contributed by atoms with Crippen molar-refractivity contribution in [3.8, 4) is 0 Å². The molecule has 2 aliphatic rings. The molecular weight excluding hydrogens is 344 g/mol. The van der Waals surface area contributed by atoms with E-state index < -0.39 is 5.41 Å². The molecule has 27 heavy (non-hydrogen) atoms. The third-order valence-electron chi connectivity index (χ3n) is 6.38. The minimum atomic E-state index is -0.486. The van der Waals surface area contributed by atoms with E-state index in [1.807, 2.05) is 0 Å². The number of ketones is 1. The van der Waals surface area contributed by atoms with Crippen LogP contribution >= 0.6 is 0 Å². The van der Waals surface area contributed by atoms with Gasteiger partial charge in [-0.15, -0.1) is 0 Å². The van der Waals surface area contributed by atoms with Crippen LogP contribution in [0.4, 0.5) is 0 Å². The highest BCUT2D eigenvalue weighted by molar-refractivity contribution is 5.91. The molecule has 0 bridgehead atoms. The number of nitrogens with one attached hydrogen (secondary N) is 1. The van der Waals surface area contributed by atoms with E-state index in [1.54, 1.807) is 6.92 Å². The first-order valence-corrected chi connectivity index (χ1v) is 10.7. The highest BCUT2D eigenvalue weighted by Gasteiger charge is 2.54. The number of carbonyl (C=O) groups excluding carboxylic acids is 3. The molecule has 6 heteroatoms. The smallest absolute Gasteiger partial charge is 0.306 e. The summed E-state index contributed by atoms with van der Waals surface area (Å²) in [4.78, 5) is 37.7. The van der Waals surface area contributed by atoms with E-state index in [2.05, 4.69) is 5.32 Å². The fourth-order valence-electron chi connectivity index (χ4n) is 4.97. The molecule has 2 aliphatic carbocycles. The second-order valence-corrected chi connectivity index (χ2v) is 8.05. The molecule has 1 amide bonds. The predicted octanol–water partition coefficient (Wildman–Crippen LogP) is 2.73. The molecule has 2 fully saturated rings. The van der Waals surface area contributed by atoms with Crippen molar-refractivity contribution in [2.24, 2.45) is 23.0 Å². The zero-order valence-corrected chi connectivity index (χ0v) is 16.8. The summed E-state index contributed by atoms with van der Waals surface area (Å²) in [5.41, 5.74) is 5.02. The van der Waals surface area contributed by atoms with Gasteiger partial charge in [0.1, 0.15) is 5.78 Å². The lowest BCUT2D eigenvalue weighted by molar-refractivity contribution is -0.156. The van der Waals surface area contributed by atoms with Crippen molar-refractivity contribution in [2.45, 2.75) is 77.6 Å². The van der Waals surface area contributed by atoms with Crippen molar-refractivity contribution < 1.29 is 19.1 Å². The van der Waals surface area contributed by atoms with Crippen molar-refractivity contribution in [3.63, 3.8) is 0 Å². The molecule has 0 saturated heterocycles. The van der Waals surface area contributed by atoms with Gasteiger partial charge < -0.3 is 15.8 Å². The third-order valence-corrected chi connectivity index (χ3v) is 6.38. The Kier molecular flexibility index (Phi) is 8.74. The maximum Gasteiger partial charge on any atom is 0.306 e. The molecule has 0 spiro atoms. The highest BCUT2D eigenvalue weighted by Crippen LogP contribution is 2.52. The molecule has 0 unspecified atom stereocenters. The summed E-state index contributed by atoms with van der Waals surface area (Å²) in [6.07, 6.45) is 8.98. The molecule has 2 saturated carbocycles. The molecule has 2 rings (SSSR count). The van der Waals surface area contributed by atoms with Crippen LogP contribution in [0.25, 0.3) is 0 Å². The Labute approximate surface area is 163 Å². The van der Waals surface area contributed by atoms with Crippen LogP contribution in [0.1, 0.15) is 77.6 Å². The van der Waals surface area contributed by atoms with Gasteiger partial charge in [-0.1, -0.05) is 25.7 Å². The zero-order chi connectivity index (χ0) is 19.7. The minimum absolute atomic E-state index is 0.0332. The molecule has 0 aromatic rings. The Morgan fingerprint density at radius 2 is 1.96 bits per heavy atom. The SMILES string of the molecule is CCOC(=O)C[C@H]1C(=O)CC[C@@]2(C(=O)NCCCCCCN)CCCC[C@H]12. The van der Waals surface area contributed by atoms with Crippen LogP contribution in [-0.2, 0) is 19.1 Å². The first-order chi connectivity index (χ1) is 13.0. The molecule has 3 N–H and O–H groups in total. The van der Waals surface area contributed by atoms with Gasteiger partial charge in [0.2, 0.25) is 5.91 Å². The molecule has 3 atom stereocenters. The van der Waals surface area contributed by atoms with Crippen LogP contribution in [-0.4, -0.2) is 37.4 Å². The van der Waals surface area contributed by atoms with E-state index in [0.29, 0.717) is 32.5 Å². The number of amides is 1. The number of esters is 1. The monoisotopic (exact) mass is 380 g/mol. The van der Waals surface area contributed by atoms with E-state index in [0.717, 1.165) is 51.4 Å². The number of hydrogen-bond acceptors (Lipinski definition) is 5. The van der Waals surface area contributed by atoms with Crippen molar-refractivity contribution in [2.75, 3.05) is 19.7 Å². The van der Waals surface area contributed by atoms with Gasteiger partial charge in [0.05, 0.1) is 18.4 Å². The van der Waals surface area contributed by atoms with Crippen LogP contribution in [0.3, 0.4) is 0 Å². The average Bonchev–Trinajstić information content (AvgIpc) is 2.67. The van der Waals surface area contributed by atoms with Crippen molar-refractivity contribution in [1.29, 1.82) is 0 Å². The second kappa shape index (κ2) is 10.8. The fraction of sp³-hybridized carbons (Fsp3) is 0.857. The normalized spacial score (nSPS) is 27.7. The Bertz CT molecular complexity index is 522. The maximum absolute atomic E-state index is 13.1. The standard InChI is InChI=1S/C21H36N2O4/c1-2-27-19(25)15-16-17-9-5-6-11-21(17,12-10-18(16)24)20(26)23-14-8-4-3-7-13-22/h16-17H,2-15,22H2,1H3,(H,23,26)/t16-,17-,21+/m1/s1. The number of carbonyl (C=O) groups is 3. The van der Waals surface area contributed by atoms with Gasteiger partial charge in [-0.3, -0.25) is 14.4 Å². The Balaban J connectivity index is 2.01. The van der Waals surface area contributed by atoms with Crippen molar-refractivity contribution in [1.82, 2.24) is 5.32 Å². The lowest BCUT2D eigenvalue weighted by Crippen LogP contribution is -2.54. The predicted molar refractivity (Wildman–Crippen MR) is 104 cm³/mol. The summed E-state index contributed by atoms with van der Waals surface area (Å²) < 4.78 is 5.08. The number of unbranched alkanes of at least 4 members (excludes halogenated alkanes) is 3. The summed E-state index contributed by atoms with van der Waals surface area (Å²) in [6.45, 7) is 3.48. The summed E-state index contributed by atoms with van der Waals surface area (Å²) in [7, 11) is 0. The lowest BCUT2D eigenvalue weighted by atomic mass is 9.54. The van der Waals surface area contributed by atoms with Crippen LogP contribution < -0.4 is 11.1 Å². The van der Waals surface area contributed by atoms with Crippen LogP contribution in [0.2, 0.25) is 0 Å². The first kappa shape index (κ1) is 21.9. The molecule has 154 valence electrons. The van der Waals surface area contributed by atoms with E-state index in [9.17, 15) is 14.4 Å². The molecule has 6 nitrogen and oxygen atoms in total. The minimum Gasteiger partial charge on any atom is -0.466 e. The van der Waals surface area contributed by atoms with Crippen molar-refractivity contribution >= 4 is 17.7 Å². The molecule has 0 aromatic heterocycles. The van der Waals surface area contributed by atoms with Gasteiger partial charge in [-0.2, -0.15) is 0 Å². The summed E-state index contributed by atoms with van der Waals surface area (Å²) in [6, 6.07) is 0. The van der Waals surface area contributed by atoms with E-state index >= 15 is 0 Å². The number of Topliss-reactive ketones (excluding diaryl/α,β-unsaturated/α-hetero) is 1. The van der Waals surface area contributed by atoms with Crippen LogP contribution in [0, 0.1) is 17.3 Å². The summed E-state index contributed by atoms with van der Waals surface area (Å²) in [5, 5.41) is 3.14. The fourth-order valence-corrected chi connectivity index (χ4v) is 4.97. The molecule has 0 aliphatic heterocycles. The van der Waals surface area contributed by atoms with Gasteiger partial charge in [-0.05, 0) is 51.5 Å². The lowest BCUT2D eigenvalue weighted by Gasteiger charge is -2.49. The van der Waals surface area contributed by atoms with Gasteiger partial charge in [0.15, 0.2) is 0 Å². The Hall–Kier alpha value is -1.43. The van der Waals surface area contributed by atoms with Gasteiger partial charge in [0.25, 0.3) is 0 Å². The van der Waals surface area contributed by atoms with E-state index in [1.165, 1.54) is 0 Å². The molecular formula is C21H36N2O4. The maximum atomic E-state index is 13.1. The molecule has 0 radical (unpaired) electrons. The topological polar surface area (TPSA) is 98.5 Å². The Morgan fingerprint density at radius 3 is 2.70 bits per heavy atom. The first-order valence-electron chi connectivity index (χ1n) is 10.7. The largest absolute Gasteiger partial charge is 0.466 e. The average molecular weight is 381 g/mol. The number of rotatable bonds is 10. The van der Waals surface area contributed by atoms with Crippen LogP contribution in [0.5, 0.6) is 0 Å². The van der Waals surface area contributed by atoms with Gasteiger partial charge in [-0.25, -0.2) is 0 Å². The second-order valence-electron chi connectivity index (χ2n) is 8.05. The number of nitrogens with two attached hydrogens (primary N) is 1.